The Morgan fingerprint density at radius 3 is 3.08 bits per heavy atom. The molecule has 5 heteroatoms. The molecule has 0 aliphatic carbocycles. The second kappa shape index (κ2) is 4.45. The highest BCUT2D eigenvalue weighted by Gasteiger charge is 2.01. The van der Waals surface area contributed by atoms with Crippen molar-refractivity contribution in [2.45, 2.75) is 4.90 Å². The summed E-state index contributed by atoms with van der Waals surface area (Å²) in [5.41, 5.74) is 6.09. The van der Waals surface area contributed by atoms with E-state index in [9.17, 15) is 0 Å². The first-order valence-electron chi connectivity index (χ1n) is 3.23. The van der Waals surface area contributed by atoms with Crippen LogP contribution in [0.5, 0.6) is 0 Å². The Kier molecular flexibility index (Phi) is 3.52. The molecule has 1 heterocycles. The van der Waals surface area contributed by atoms with Crippen molar-refractivity contribution in [3.63, 3.8) is 0 Å². The van der Waals surface area contributed by atoms with Crippen LogP contribution in [0, 0.1) is 0 Å². The number of rotatable bonds is 3. The molecule has 1 rings (SSSR count). The van der Waals surface area contributed by atoms with E-state index in [0.29, 0.717) is 11.0 Å². The molecular formula is C7H8ClN3S. The number of nitrogens with zero attached hydrogens (tertiary/aromatic N) is 2. The fourth-order valence-corrected chi connectivity index (χ4v) is 1.59. The predicted octanol–water partition coefficient (Wildman–Crippen LogP) is 2.08. The summed E-state index contributed by atoms with van der Waals surface area (Å²) in [6, 6.07) is 1.73. The standard InChI is InChI=1S/C7H8ClN3S/c1-10-5-3-11-7(8)2-6(5)12-4-9/h2-3H,1,4,9H2. The van der Waals surface area contributed by atoms with Gasteiger partial charge in [0.05, 0.1) is 11.9 Å². The van der Waals surface area contributed by atoms with Gasteiger partial charge >= 0.3 is 0 Å². The Bertz CT molecular complexity index is 290. The van der Waals surface area contributed by atoms with E-state index in [2.05, 4.69) is 16.7 Å². The summed E-state index contributed by atoms with van der Waals surface area (Å²) in [5, 5.41) is 0.443. The minimum atomic E-state index is 0.443. The van der Waals surface area contributed by atoms with Crippen LogP contribution in [0.25, 0.3) is 0 Å². The molecule has 1 aromatic heterocycles. The van der Waals surface area contributed by atoms with Crippen LogP contribution in [0.15, 0.2) is 22.2 Å². The zero-order chi connectivity index (χ0) is 8.97. The zero-order valence-corrected chi connectivity index (χ0v) is 7.90. The number of halogens is 1. The Morgan fingerprint density at radius 1 is 1.75 bits per heavy atom. The Balaban J connectivity index is 3.03. The van der Waals surface area contributed by atoms with Crippen LogP contribution < -0.4 is 5.73 Å². The third-order valence-corrected chi connectivity index (χ3v) is 2.23. The highest BCUT2D eigenvalue weighted by Crippen LogP contribution is 2.29. The van der Waals surface area contributed by atoms with E-state index in [1.54, 1.807) is 12.3 Å². The molecule has 0 unspecified atom stereocenters. The van der Waals surface area contributed by atoms with Crippen molar-refractivity contribution in [3.05, 3.63) is 17.4 Å². The number of hydrogen-bond acceptors (Lipinski definition) is 4. The molecule has 0 atom stereocenters. The zero-order valence-electron chi connectivity index (χ0n) is 6.33. The molecule has 3 nitrogen and oxygen atoms in total. The maximum Gasteiger partial charge on any atom is 0.130 e. The Morgan fingerprint density at radius 2 is 2.50 bits per heavy atom. The van der Waals surface area contributed by atoms with Gasteiger partial charge in [0.2, 0.25) is 0 Å². The molecule has 0 saturated heterocycles. The normalized spacial score (nSPS) is 9.83. The van der Waals surface area contributed by atoms with E-state index in [0.717, 1.165) is 10.6 Å². The lowest BCUT2D eigenvalue weighted by molar-refractivity contribution is 1.23. The van der Waals surface area contributed by atoms with Gasteiger partial charge in [-0.15, -0.1) is 11.8 Å². The Labute approximate surface area is 80.0 Å². The van der Waals surface area contributed by atoms with Crippen molar-refractivity contribution in [1.29, 1.82) is 0 Å². The Hall–Kier alpha value is -0.580. The maximum absolute atomic E-state index is 5.68. The van der Waals surface area contributed by atoms with Crippen molar-refractivity contribution < 1.29 is 0 Å². The molecule has 12 heavy (non-hydrogen) atoms. The van der Waals surface area contributed by atoms with Gasteiger partial charge in [0.25, 0.3) is 0 Å². The summed E-state index contributed by atoms with van der Waals surface area (Å²) < 4.78 is 0. The fraction of sp³-hybridized carbons (Fsp3) is 0.143. The van der Waals surface area contributed by atoms with Gasteiger partial charge in [-0.05, 0) is 12.8 Å². The molecule has 0 bridgehead atoms. The van der Waals surface area contributed by atoms with Crippen LogP contribution >= 0.6 is 23.4 Å². The fourth-order valence-electron chi connectivity index (χ4n) is 0.730. The quantitative estimate of drug-likeness (QED) is 0.353. The second-order valence-corrected chi connectivity index (χ2v) is 3.39. The summed E-state index contributed by atoms with van der Waals surface area (Å²) in [5.74, 6) is 0.489. The van der Waals surface area contributed by atoms with Gasteiger partial charge in [-0.3, -0.25) is 4.99 Å². The van der Waals surface area contributed by atoms with Crippen LogP contribution in [0.3, 0.4) is 0 Å². The minimum absolute atomic E-state index is 0.443. The molecule has 0 saturated carbocycles. The van der Waals surface area contributed by atoms with Crippen molar-refractivity contribution >= 4 is 35.8 Å². The van der Waals surface area contributed by atoms with Crippen LogP contribution in [0.2, 0.25) is 5.15 Å². The molecule has 0 amide bonds. The molecule has 0 aliphatic rings. The molecule has 1 aromatic rings. The van der Waals surface area contributed by atoms with E-state index in [-0.39, 0.29) is 0 Å². The van der Waals surface area contributed by atoms with E-state index >= 15 is 0 Å². The van der Waals surface area contributed by atoms with E-state index in [1.807, 2.05) is 0 Å². The lowest BCUT2D eigenvalue weighted by Crippen LogP contribution is -1.92. The average Bonchev–Trinajstić information content (AvgIpc) is 2.05. The van der Waals surface area contributed by atoms with Gasteiger partial charge in [-0.1, -0.05) is 11.6 Å². The second-order valence-electron chi connectivity index (χ2n) is 1.94. The molecule has 64 valence electrons. The van der Waals surface area contributed by atoms with E-state index in [4.69, 9.17) is 17.3 Å². The molecule has 0 fully saturated rings. The van der Waals surface area contributed by atoms with Gasteiger partial charge in [0, 0.05) is 10.8 Å². The van der Waals surface area contributed by atoms with Gasteiger partial charge < -0.3 is 5.73 Å². The molecule has 0 aromatic carbocycles. The van der Waals surface area contributed by atoms with Crippen molar-refractivity contribution in [2.24, 2.45) is 10.7 Å². The first-order valence-corrected chi connectivity index (χ1v) is 4.59. The minimum Gasteiger partial charge on any atom is -0.322 e. The maximum atomic E-state index is 5.68. The molecule has 0 radical (unpaired) electrons. The number of aliphatic imine (C=N–C) groups is 1. The molecular weight excluding hydrogens is 194 g/mol. The largest absolute Gasteiger partial charge is 0.322 e. The topological polar surface area (TPSA) is 51.3 Å². The summed E-state index contributed by atoms with van der Waals surface area (Å²) >= 11 is 7.14. The third kappa shape index (κ3) is 2.20. The summed E-state index contributed by atoms with van der Waals surface area (Å²) in [6.07, 6.45) is 1.58. The van der Waals surface area contributed by atoms with Gasteiger partial charge in [-0.2, -0.15) is 0 Å². The lowest BCUT2D eigenvalue weighted by atomic mass is 10.4. The molecule has 0 spiro atoms. The first-order chi connectivity index (χ1) is 5.77. The van der Waals surface area contributed by atoms with Gasteiger partial charge in [0.1, 0.15) is 5.15 Å². The van der Waals surface area contributed by atoms with Gasteiger partial charge in [-0.25, -0.2) is 4.98 Å². The SMILES string of the molecule is C=Nc1cnc(Cl)cc1SCN. The summed E-state index contributed by atoms with van der Waals surface area (Å²) in [6.45, 7) is 3.42. The van der Waals surface area contributed by atoms with Crippen LogP contribution in [0.4, 0.5) is 5.69 Å². The highest BCUT2D eigenvalue weighted by molar-refractivity contribution is 7.99. The van der Waals surface area contributed by atoms with E-state index < -0.39 is 0 Å². The number of aromatic nitrogens is 1. The van der Waals surface area contributed by atoms with Gasteiger partial charge in [0.15, 0.2) is 0 Å². The summed E-state index contributed by atoms with van der Waals surface area (Å²) in [4.78, 5) is 8.56. The van der Waals surface area contributed by atoms with Crippen molar-refractivity contribution in [3.8, 4) is 0 Å². The lowest BCUT2D eigenvalue weighted by Gasteiger charge is -2.01. The predicted molar refractivity (Wildman–Crippen MR) is 53.4 cm³/mol. The first kappa shape index (κ1) is 9.51. The monoisotopic (exact) mass is 201 g/mol. The van der Waals surface area contributed by atoms with E-state index in [1.165, 1.54) is 11.8 Å². The summed E-state index contributed by atoms with van der Waals surface area (Å²) in [7, 11) is 0. The number of pyridine rings is 1. The average molecular weight is 202 g/mol. The molecule has 2 N–H and O–H groups in total. The van der Waals surface area contributed by atoms with Crippen molar-refractivity contribution in [2.75, 3.05) is 5.88 Å². The number of thioether (sulfide) groups is 1. The molecule has 0 aliphatic heterocycles. The van der Waals surface area contributed by atoms with Crippen molar-refractivity contribution in [1.82, 2.24) is 4.98 Å². The number of hydrogen-bond donors (Lipinski definition) is 1. The van der Waals surface area contributed by atoms with Crippen LogP contribution in [0.1, 0.15) is 0 Å². The highest BCUT2D eigenvalue weighted by atomic mass is 35.5. The van der Waals surface area contributed by atoms with Crippen LogP contribution in [-0.2, 0) is 0 Å². The third-order valence-electron chi connectivity index (χ3n) is 1.22. The smallest absolute Gasteiger partial charge is 0.130 e. The number of nitrogens with two attached hydrogens (primary N) is 1. The van der Waals surface area contributed by atoms with Crippen LogP contribution in [-0.4, -0.2) is 17.6 Å².